The number of nitriles is 2. The summed E-state index contributed by atoms with van der Waals surface area (Å²) < 4.78 is 10.1. The standard InChI is InChI=1S/C13H18N2O6/c1-3-21-5-4-13(8-15,12(18)19)10(20-2)6-9(7-14)11(16)17/h9-10H,3-6H2,1-2H3,(H,16,17)(H,18,19). The van der Waals surface area contributed by atoms with Gasteiger partial charge >= 0.3 is 11.9 Å². The van der Waals surface area contributed by atoms with Crippen molar-refractivity contribution in [2.24, 2.45) is 11.3 Å². The smallest absolute Gasteiger partial charge is 0.326 e. The first kappa shape index (κ1) is 18.8. The molecule has 0 aliphatic carbocycles. The minimum atomic E-state index is -1.96. The van der Waals surface area contributed by atoms with Crippen molar-refractivity contribution in [1.29, 1.82) is 10.5 Å². The maximum Gasteiger partial charge on any atom is 0.326 e. The monoisotopic (exact) mass is 298 g/mol. The maximum atomic E-state index is 11.5. The predicted octanol–water partition coefficient (Wildman–Crippen LogP) is 0.637. The third-order valence-electron chi connectivity index (χ3n) is 3.16. The lowest BCUT2D eigenvalue weighted by Crippen LogP contribution is -2.45. The number of carboxylic acid groups (broad SMARTS) is 2. The van der Waals surface area contributed by atoms with Crippen molar-refractivity contribution >= 4 is 11.9 Å². The van der Waals surface area contributed by atoms with Crippen molar-refractivity contribution in [1.82, 2.24) is 0 Å². The molecule has 8 heteroatoms. The topological polar surface area (TPSA) is 141 Å². The van der Waals surface area contributed by atoms with Gasteiger partial charge in [0.15, 0.2) is 5.41 Å². The van der Waals surface area contributed by atoms with E-state index in [1.54, 1.807) is 19.1 Å². The van der Waals surface area contributed by atoms with Crippen LogP contribution in [0.5, 0.6) is 0 Å². The van der Waals surface area contributed by atoms with E-state index in [9.17, 15) is 20.0 Å². The molecule has 0 radical (unpaired) electrons. The molecule has 21 heavy (non-hydrogen) atoms. The van der Waals surface area contributed by atoms with E-state index in [1.807, 2.05) is 0 Å². The fourth-order valence-corrected chi connectivity index (χ4v) is 1.88. The van der Waals surface area contributed by atoms with E-state index in [4.69, 9.17) is 19.8 Å². The summed E-state index contributed by atoms with van der Waals surface area (Å²) in [5, 5.41) is 36.3. The Labute approximate surface area is 122 Å². The Morgan fingerprint density at radius 2 is 1.95 bits per heavy atom. The molecule has 0 aromatic carbocycles. The van der Waals surface area contributed by atoms with Gasteiger partial charge in [0.25, 0.3) is 0 Å². The zero-order chi connectivity index (χ0) is 16.5. The molecule has 0 fully saturated rings. The molecule has 0 saturated carbocycles. The third-order valence-corrected chi connectivity index (χ3v) is 3.16. The maximum absolute atomic E-state index is 11.5. The number of ether oxygens (including phenoxy) is 2. The van der Waals surface area contributed by atoms with Gasteiger partial charge in [-0.15, -0.1) is 0 Å². The number of carboxylic acids is 2. The van der Waals surface area contributed by atoms with E-state index < -0.39 is 35.8 Å². The van der Waals surface area contributed by atoms with E-state index in [2.05, 4.69) is 0 Å². The molecular formula is C13H18N2O6. The summed E-state index contributed by atoms with van der Waals surface area (Å²) in [5.41, 5.74) is -1.96. The molecule has 0 saturated heterocycles. The molecular weight excluding hydrogens is 280 g/mol. The summed E-state index contributed by atoms with van der Waals surface area (Å²) in [5.74, 6) is -4.27. The Hall–Kier alpha value is -2.16. The second-order valence-corrected chi connectivity index (χ2v) is 4.32. The van der Waals surface area contributed by atoms with Gasteiger partial charge in [0, 0.05) is 33.2 Å². The lowest BCUT2D eigenvalue weighted by Gasteiger charge is -2.30. The zero-order valence-corrected chi connectivity index (χ0v) is 11.9. The molecule has 0 aliphatic rings. The third kappa shape index (κ3) is 4.71. The number of hydrogen-bond acceptors (Lipinski definition) is 6. The number of aliphatic carboxylic acids is 2. The van der Waals surface area contributed by atoms with Crippen LogP contribution < -0.4 is 0 Å². The van der Waals surface area contributed by atoms with Crippen LogP contribution in [0.1, 0.15) is 19.8 Å². The first-order valence-corrected chi connectivity index (χ1v) is 6.27. The minimum Gasteiger partial charge on any atom is -0.480 e. The fourth-order valence-electron chi connectivity index (χ4n) is 1.88. The molecule has 0 aromatic rings. The van der Waals surface area contributed by atoms with Gasteiger partial charge in [-0.05, 0) is 6.92 Å². The average molecular weight is 298 g/mol. The Balaban J connectivity index is 5.35. The molecule has 0 spiro atoms. The van der Waals surface area contributed by atoms with Crippen LogP contribution in [0.3, 0.4) is 0 Å². The van der Waals surface area contributed by atoms with Crippen LogP contribution in [0.4, 0.5) is 0 Å². The lowest BCUT2D eigenvalue weighted by atomic mass is 9.77. The van der Waals surface area contributed by atoms with Crippen molar-refractivity contribution in [3.63, 3.8) is 0 Å². The first-order valence-electron chi connectivity index (χ1n) is 6.27. The average Bonchev–Trinajstić information content (AvgIpc) is 2.45. The second-order valence-electron chi connectivity index (χ2n) is 4.32. The summed E-state index contributed by atoms with van der Waals surface area (Å²) in [7, 11) is 1.18. The summed E-state index contributed by atoms with van der Waals surface area (Å²) in [6.45, 7) is 2.09. The highest BCUT2D eigenvalue weighted by molar-refractivity contribution is 5.79. The molecule has 0 rings (SSSR count). The molecule has 2 N–H and O–H groups in total. The van der Waals surface area contributed by atoms with Gasteiger partial charge in [0.1, 0.15) is 5.92 Å². The SMILES string of the molecule is CCOCCC(C#N)(C(=O)O)C(CC(C#N)C(=O)O)OC. The molecule has 0 aliphatic heterocycles. The number of carbonyl (C=O) groups is 2. The Morgan fingerprint density at radius 1 is 1.33 bits per heavy atom. The highest BCUT2D eigenvalue weighted by Gasteiger charge is 2.48. The molecule has 0 bridgehead atoms. The Kier molecular flexibility index (Phi) is 7.99. The first-order chi connectivity index (χ1) is 9.89. The fraction of sp³-hybridized carbons (Fsp3) is 0.692. The molecule has 3 unspecified atom stereocenters. The van der Waals surface area contributed by atoms with Crippen LogP contribution in [0.15, 0.2) is 0 Å². The quantitative estimate of drug-likeness (QED) is 0.559. The van der Waals surface area contributed by atoms with Crippen molar-refractivity contribution in [2.45, 2.75) is 25.9 Å². The predicted molar refractivity (Wildman–Crippen MR) is 68.9 cm³/mol. The number of rotatable bonds is 10. The molecule has 116 valence electrons. The van der Waals surface area contributed by atoms with E-state index >= 15 is 0 Å². The molecule has 0 aromatic heterocycles. The van der Waals surface area contributed by atoms with Gasteiger partial charge in [-0.25, -0.2) is 0 Å². The van der Waals surface area contributed by atoms with Crippen LogP contribution in [0.25, 0.3) is 0 Å². The van der Waals surface area contributed by atoms with E-state index in [-0.39, 0.29) is 13.0 Å². The Morgan fingerprint density at radius 3 is 2.29 bits per heavy atom. The lowest BCUT2D eigenvalue weighted by molar-refractivity contribution is -0.157. The van der Waals surface area contributed by atoms with Gasteiger partial charge in [0.05, 0.1) is 18.2 Å². The number of hydrogen-bond donors (Lipinski definition) is 2. The highest BCUT2D eigenvalue weighted by atomic mass is 16.5. The van der Waals surface area contributed by atoms with Gasteiger partial charge in [0.2, 0.25) is 0 Å². The second kappa shape index (κ2) is 8.90. The van der Waals surface area contributed by atoms with Crippen LogP contribution >= 0.6 is 0 Å². The molecule has 0 amide bonds. The van der Waals surface area contributed by atoms with Crippen molar-refractivity contribution < 1.29 is 29.3 Å². The number of nitrogens with zero attached hydrogens (tertiary/aromatic N) is 2. The largest absolute Gasteiger partial charge is 0.480 e. The molecule has 3 atom stereocenters. The summed E-state index contributed by atoms with van der Waals surface area (Å²) in [6.07, 6.45) is -1.79. The van der Waals surface area contributed by atoms with Gasteiger partial charge in [-0.1, -0.05) is 0 Å². The van der Waals surface area contributed by atoms with Crippen LogP contribution in [-0.2, 0) is 19.1 Å². The molecule has 0 heterocycles. The van der Waals surface area contributed by atoms with Crippen LogP contribution in [-0.4, -0.2) is 48.6 Å². The normalized spacial score (nSPS) is 16.0. The van der Waals surface area contributed by atoms with Crippen molar-refractivity contribution in [3.05, 3.63) is 0 Å². The van der Waals surface area contributed by atoms with E-state index in [0.29, 0.717) is 6.61 Å². The van der Waals surface area contributed by atoms with Gasteiger partial charge < -0.3 is 19.7 Å². The van der Waals surface area contributed by atoms with Crippen LogP contribution in [0, 0.1) is 34.0 Å². The molecule has 8 nitrogen and oxygen atoms in total. The zero-order valence-electron chi connectivity index (χ0n) is 11.9. The summed E-state index contributed by atoms with van der Waals surface area (Å²) >= 11 is 0. The summed E-state index contributed by atoms with van der Waals surface area (Å²) in [6, 6.07) is 3.24. The summed E-state index contributed by atoms with van der Waals surface area (Å²) in [4.78, 5) is 22.4. The van der Waals surface area contributed by atoms with E-state index in [0.717, 1.165) is 0 Å². The van der Waals surface area contributed by atoms with Gasteiger partial charge in [-0.3, -0.25) is 9.59 Å². The Bertz CT molecular complexity index is 453. The van der Waals surface area contributed by atoms with Crippen molar-refractivity contribution in [3.8, 4) is 12.1 Å². The van der Waals surface area contributed by atoms with Crippen molar-refractivity contribution in [2.75, 3.05) is 20.3 Å². The van der Waals surface area contributed by atoms with Gasteiger partial charge in [-0.2, -0.15) is 10.5 Å². The van der Waals surface area contributed by atoms with Crippen LogP contribution in [0.2, 0.25) is 0 Å². The van der Waals surface area contributed by atoms with E-state index in [1.165, 1.54) is 7.11 Å². The number of methoxy groups -OCH3 is 1. The highest BCUT2D eigenvalue weighted by Crippen LogP contribution is 2.32. The minimum absolute atomic E-state index is 0.0144.